The van der Waals surface area contributed by atoms with E-state index in [4.69, 9.17) is 4.74 Å². The van der Waals surface area contributed by atoms with Gasteiger partial charge in [0.2, 0.25) is 18.2 Å². The number of anilines is 1. The van der Waals surface area contributed by atoms with E-state index in [9.17, 15) is 28.8 Å². The zero-order valence-electron chi connectivity index (χ0n) is 31.2. The third kappa shape index (κ3) is 7.90. The fourth-order valence-corrected chi connectivity index (χ4v) is 9.85. The van der Waals surface area contributed by atoms with Gasteiger partial charge < -0.3 is 24.4 Å². The number of aromatic nitrogens is 2. The fourth-order valence-electron chi connectivity index (χ4n) is 8.78. The van der Waals surface area contributed by atoms with Crippen LogP contribution in [0.3, 0.4) is 0 Å². The molecule has 5 amide bonds. The Bertz CT molecular complexity index is 2090. The third-order valence-electron chi connectivity index (χ3n) is 12.0. The van der Waals surface area contributed by atoms with Crippen LogP contribution in [0.2, 0.25) is 0 Å². The van der Waals surface area contributed by atoms with Crippen molar-refractivity contribution in [3.8, 4) is 5.75 Å². The Kier molecular flexibility index (Phi) is 11.1. The molecule has 296 valence electrons. The SMILES string of the molecule is O=CN1CCC(COc2cc(F)c3c(=O)[nH]c(CSC4CCN(CC5CCN(c6cccc7c6C(=O)N(C6CCC(=O)NC6=O)C7=O)CC5)CC4)nc3c2)CC1. The number of hydrogen-bond donors (Lipinski definition) is 2. The summed E-state index contributed by atoms with van der Waals surface area (Å²) < 4.78 is 20.9. The Morgan fingerprint density at radius 1 is 0.893 bits per heavy atom. The largest absolute Gasteiger partial charge is 0.493 e. The standard InChI is InChI=1S/C40H46FN7O7S/c41-29-18-26(55-21-25-6-12-46(23-49)13-7-25)19-30-36(29)38(52)43-33(42-30)22-56-27-10-14-45(15-11-27)20-24-8-16-47(17-9-24)31-3-1-2-28-35(31)40(54)48(39(28)53)32-4-5-34(50)44-37(32)51/h1-3,18-19,23-25,27,32H,4-17,20-22H2,(H,42,43,52)(H,44,50,51). The molecule has 4 saturated heterocycles. The highest BCUT2D eigenvalue weighted by Crippen LogP contribution is 2.36. The molecule has 0 bridgehead atoms. The first-order chi connectivity index (χ1) is 27.1. The molecule has 0 saturated carbocycles. The van der Waals surface area contributed by atoms with Crippen LogP contribution >= 0.6 is 11.8 Å². The summed E-state index contributed by atoms with van der Waals surface area (Å²) in [5.74, 6) is -0.496. The van der Waals surface area contributed by atoms with Gasteiger partial charge >= 0.3 is 0 Å². The van der Waals surface area contributed by atoms with Crippen molar-refractivity contribution in [3.63, 3.8) is 0 Å². The minimum atomic E-state index is -0.989. The molecular weight excluding hydrogens is 742 g/mol. The number of benzene rings is 2. The summed E-state index contributed by atoms with van der Waals surface area (Å²) in [7, 11) is 0. The van der Waals surface area contributed by atoms with E-state index in [-0.39, 0.29) is 29.7 Å². The van der Waals surface area contributed by atoms with Crippen LogP contribution in [0.1, 0.15) is 77.9 Å². The van der Waals surface area contributed by atoms with Gasteiger partial charge in [0.1, 0.15) is 28.8 Å². The maximum Gasteiger partial charge on any atom is 0.264 e. The lowest BCUT2D eigenvalue weighted by atomic mass is 9.94. The van der Waals surface area contributed by atoms with Gasteiger partial charge in [-0.25, -0.2) is 9.37 Å². The summed E-state index contributed by atoms with van der Waals surface area (Å²) in [6.45, 7) is 6.23. The molecule has 1 unspecified atom stereocenters. The number of H-pyrrole nitrogens is 1. The highest BCUT2D eigenvalue weighted by atomic mass is 32.2. The number of carbonyl (C=O) groups excluding carboxylic acids is 5. The predicted octanol–water partition coefficient (Wildman–Crippen LogP) is 3.32. The van der Waals surface area contributed by atoms with Crippen LogP contribution in [0.25, 0.3) is 10.9 Å². The highest BCUT2D eigenvalue weighted by molar-refractivity contribution is 7.99. The average Bonchev–Trinajstić information content (AvgIpc) is 3.45. The molecule has 2 aromatic carbocycles. The molecule has 5 aliphatic heterocycles. The van der Waals surface area contributed by atoms with Crippen molar-refractivity contribution in [2.75, 3.05) is 57.3 Å². The number of carbonyl (C=O) groups is 5. The number of imide groups is 2. The number of thioether (sulfide) groups is 1. The molecule has 16 heteroatoms. The lowest BCUT2D eigenvalue weighted by Crippen LogP contribution is -2.54. The van der Waals surface area contributed by atoms with Gasteiger partial charge in [-0.3, -0.25) is 39.0 Å². The summed E-state index contributed by atoms with van der Waals surface area (Å²) in [5.41, 5.74) is 1.15. The zero-order chi connectivity index (χ0) is 38.9. The second-order valence-electron chi connectivity index (χ2n) is 15.6. The van der Waals surface area contributed by atoms with Crippen LogP contribution in [0.4, 0.5) is 10.1 Å². The number of aromatic amines is 1. The van der Waals surface area contributed by atoms with E-state index >= 15 is 4.39 Å². The van der Waals surface area contributed by atoms with Gasteiger partial charge in [0.25, 0.3) is 17.4 Å². The molecule has 2 N–H and O–H groups in total. The van der Waals surface area contributed by atoms with E-state index in [1.54, 1.807) is 34.9 Å². The highest BCUT2D eigenvalue weighted by Gasteiger charge is 2.46. The molecule has 0 radical (unpaired) electrons. The lowest BCUT2D eigenvalue weighted by Gasteiger charge is -2.38. The van der Waals surface area contributed by atoms with Crippen molar-refractivity contribution >= 4 is 58.4 Å². The van der Waals surface area contributed by atoms with E-state index in [2.05, 4.69) is 25.1 Å². The molecule has 1 aromatic heterocycles. The predicted molar refractivity (Wildman–Crippen MR) is 207 cm³/mol. The number of fused-ring (bicyclic) bond motifs is 2. The minimum Gasteiger partial charge on any atom is -0.493 e. The second kappa shape index (κ2) is 16.3. The van der Waals surface area contributed by atoms with Crippen LogP contribution in [-0.2, 0) is 20.1 Å². The lowest BCUT2D eigenvalue weighted by molar-refractivity contribution is -0.136. The third-order valence-corrected chi connectivity index (χ3v) is 13.4. The Hall–Kier alpha value is -4.83. The van der Waals surface area contributed by atoms with Crippen molar-refractivity contribution in [2.24, 2.45) is 11.8 Å². The van der Waals surface area contributed by atoms with Crippen LogP contribution in [0, 0.1) is 17.7 Å². The topological polar surface area (TPSA) is 165 Å². The van der Waals surface area contributed by atoms with Gasteiger partial charge in [0.15, 0.2) is 0 Å². The maximum atomic E-state index is 15.0. The van der Waals surface area contributed by atoms with Crippen molar-refractivity contribution in [1.82, 2.24) is 30.0 Å². The summed E-state index contributed by atoms with van der Waals surface area (Å²) in [6, 6.07) is 7.18. The number of amides is 5. The van der Waals surface area contributed by atoms with Gasteiger partial charge in [-0.05, 0) is 82.0 Å². The maximum absolute atomic E-state index is 15.0. The number of ether oxygens (including phenoxy) is 1. The smallest absolute Gasteiger partial charge is 0.264 e. The molecular formula is C40H46FN7O7S. The van der Waals surface area contributed by atoms with Crippen LogP contribution < -0.4 is 20.5 Å². The van der Waals surface area contributed by atoms with E-state index in [1.807, 2.05) is 6.07 Å². The first-order valence-electron chi connectivity index (χ1n) is 19.6. The molecule has 1 atom stereocenters. The molecule has 6 heterocycles. The van der Waals surface area contributed by atoms with Gasteiger partial charge in [0.05, 0.1) is 34.7 Å². The molecule has 8 rings (SSSR count). The number of nitrogens with zero attached hydrogens (tertiary/aromatic N) is 5. The Labute approximate surface area is 327 Å². The number of halogens is 1. The number of nitrogens with one attached hydrogen (secondary N) is 2. The minimum absolute atomic E-state index is 0.0720. The molecule has 4 fully saturated rings. The Morgan fingerprint density at radius 3 is 2.38 bits per heavy atom. The Balaban J connectivity index is 0.803. The van der Waals surface area contributed by atoms with Crippen LogP contribution in [0.15, 0.2) is 35.1 Å². The van der Waals surface area contributed by atoms with Gasteiger partial charge in [0, 0.05) is 56.5 Å². The number of rotatable bonds is 11. The second-order valence-corrected chi connectivity index (χ2v) is 16.9. The summed E-state index contributed by atoms with van der Waals surface area (Å²) >= 11 is 1.76. The van der Waals surface area contributed by atoms with E-state index in [1.165, 1.54) is 6.07 Å². The van der Waals surface area contributed by atoms with Crippen LogP contribution in [-0.4, -0.2) is 118 Å². The molecule has 0 spiro atoms. The van der Waals surface area contributed by atoms with Gasteiger partial charge in [-0.15, -0.1) is 0 Å². The summed E-state index contributed by atoms with van der Waals surface area (Å²) in [6.07, 6.45) is 6.65. The van der Waals surface area contributed by atoms with Gasteiger partial charge in [-0.1, -0.05) is 6.07 Å². The van der Waals surface area contributed by atoms with Crippen molar-refractivity contribution in [2.45, 2.75) is 68.4 Å². The molecule has 0 aliphatic carbocycles. The number of likely N-dealkylation sites (tertiary alicyclic amines) is 2. The Morgan fingerprint density at radius 2 is 1.64 bits per heavy atom. The van der Waals surface area contributed by atoms with E-state index < -0.39 is 41.0 Å². The molecule has 5 aliphatic rings. The average molecular weight is 788 g/mol. The number of piperidine rings is 4. The zero-order valence-corrected chi connectivity index (χ0v) is 32.0. The van der Waals surface area contributed by atoms with E-state index in [0.29, 0.717) is 59.3 Å². The van der Waals surface area contributed by atoms with Crippen molar-refractivity contribution < 1.29 is 33.1 Å². The molecule has 14 nitrogen and oxygen atoms in total. The first-order valence-corrected chi connectivity index (χ1v) is 20.7. The number of hydrogen-bond acceptors (Lipinski definition) is 11. The van der Waals surface area contributed by atoms with Crippen LogP contribution in [0.5, 0.6) is 5.75 Å². The van der Waals surface area contributed by atoms with Crippen molar-refractivity contribution in [1.29, 1.82) is 0 Å². The first kappa shape index (κ1) is 38.1. The van der Waals surface area contributed by atoms with Crippen molar-refractivity contribution in [3.05, 3.63) is 63.5 Å². The normalized spacial score (nSPS) is 21.9. The monoisotopic (exact) mass is 787 g/mol. The summed E-state index contributed by atoms with van der Waals surface area (Å²) in [4.78, 5) is 89.8. The summed E-state index contributed by atoms with van der Waals surface area (Å²) in [5, 5.41) is 2.59. The molecule has 56 heavy (non-hydrogen) atoms. The molecule has 3 aromatic rings. The van der Waals surface area contributed by atoms with E-state index in [0.717, 1.165) is 88.2 Å². The quantitative estimate of drug-likeness (QED) is 0.216. The van der Waals surface area contributed by atoms with Gasteiger partial charge in [-0.2, -0.15) is 11.8 Å². The fraction of sp³-hybridized carbons (Fsp3) is 0.525.